The van der Waals surface area contributed by atoms with Crippen LogP contribution in [-0.4, -0.2) is 5.78 Å². The van der Waals surface area contributed by atoms with Crippen LogP contribution in [0.5, 0.6) is 0 Å². The highest BCUT2D eigenvalue weighted by Crippen LogP contribution is 2.31. The normalized spacial score (nSPS) is 11.7. The Labute approximate surface area is 127 Å². The Morgan fingerprint density at radius 3 is 2.25 bits per heavy atom. The van der Waals surface area contributed by atoms with Crippen molar-refractivity contribution in [2.45, 2.75) is 12.8 Å². The fourth-order valence-corrected chi connectivity index (χ4v) is 2.64. The number of aryl methyl sites for hydroxylation is 1. The Morgan fingerprint density at radius 1 is 1.10 bits per heavy atom. The smallest absolute Gasteiger partial charge is 0.187 e. The fourth-order valence-electron chi connectivity index (χ4n) is 2.06. The third-order valence-electron chi connectivity index (χ3n) is 3.10. The molecule has 0 amide bonds. The van der Waals surface area contributed by atoms with E-state index in [9.17, 15) is 10.1 Å². The first kappa shape index (κ1) is 14.6. The van der Waals surface area contributed by atoms with Crippen LogP contribution in [0.2, 0.25) is 10.0 Å². The molecule has 1 unspecified atom stereocenters. The molecular formula is C16H11Cl2NO. The van der Waals surface area contributed by atoms with Gasteiger partial charge in [0, 0.05) is 0 Å². The lowest BCUT2D eigenvalue weighted by molar-refractivity contribution is 0.0979. The maximum Gasteiger partial charge on any atom is 0.187 e. The van der Waals surface area contributed by atoms with Gasteiger partial charge in [-0.3, -0.25) is 4.79 Å². The van der Waals surface area contributed by atoms with Gasteiger partial charge in [0.25, 0.3) is 0 Å². The fraction of sp³-hybridized carbons (Fsp3) is 0.125. The molecule has 0 saturated heterocycles. The predicted molar refractivity (Wildman–Crippen MR) is 80.3 cm³/mol. The van der Waals surface area contributed by atoms with Crippen LogP contribution in [0.1, 0.15) is 27.4 Å². The molecule has 20 heavy (non-hydrogen) atoms. The Morgan fingerprint density at radius 2 is 1.70 bits per heavy atom. The molecule has 2 nitrogen and oxygen atoms in total. The molecule has 0 aromatic heterocycles. The van der Waals surface area contributed by atoms with Crippen LogP contribution in [0.3, 0.4) is 0 Å². The van der Waals surface area contributed by atoms with Gasteiger partial charge in [0.1, 0.15) is 5.92 Å². The summed E-state index contributed by atoms with van der Waals surface area (Å²) in [6, 6.07) is 14.2. The van der Waals surface area contributed by atoms with Crippen LogP contribution in [0.15, 0.2) is 42.5 Å². The zero-order chi connectivity index (χ0) is 14.7. The summed E-state index contributed by atoms with van der Waals surface area (Å²) in [5.74, 6) is -1.29. The number of nitrogens with zero attached hydrogens (tertiary/aromatic N) is 1. The van der Waals surface area contributed by atoms with E-state index in [1.807, 2.05) is 25.1 Å². The Balaban J connectivity index is 2.52. The molecule has 2 aromatic rings. The topological polar surface area (TPSA) is 40.9 Å². The van der Waals surface area contributed by atoms with Crippen molar-refractivity contribution in [3.63, 3.8) is 0 Å². The summed E-state index contributed by atoms with van der Waals surface area (Å²) in [6.45, 7) is 1.86. The van der Waals surface area contributed by atoms with Gasteiger partial charge in [0.05, 0.1) is 21.7 Å². The first-order chi connectivity index (χ1) is 9.56. The minimum absolute atomic E-state index is 0.200. The zero-order valence-corrected chi connectivity index (χ0v) is 12.2. The molecule has 0 fully saturated rings. The van der Waals surface area contributed by atoms with E-state index in [2.05, 4.69) is 0 Å². The number of hydrogen-bond acceptors (Lipinski definition) is 2. The van der Waals surface area contributed by atoms with Gasteiger partial charge in [0.2, 0.25) is 0 Å². The van der Waals surface area contributed by atoms with Crippen molar-refractivity contribution in [1.29, 1.82) is 5.26 Å². The van der Waals surface area contributed by atoms with Gasteiger partial charge < -0.3 is 0 Å². The number of ketones is 1. The Hall–Kier alpha value is -1.82. The maximum absolute atomic E-state index is 12.6. The summed E-state index contributed by atoms with van der Waals surface area (Å²) in [6.07, 6.45) is 0. The highest BCUT2D eigenvalue weighted by atomic mass is 35.5. The quantitative estimate of drug-likeness (QED) is 0.765. The number of halogens is 2. The molecule has 0 bridgehead atoms. The molecule has 0 spiro atoms. The largest absolute Gasteiger partial charge is 0.292 e. The van der Waals surface area contributed by atoms with Crippen molar-refractivity contribution in [2.24, 2.45) is 0 Å². The zero-order valence-electron chi connectivity index (χ0n) is 10.7. The summed E-state index contributed by atoms with van der Waals surface area (Å²) in [4.78, 5) is 12.6. The van der Waals surface area contributed by atoms with E-state index >= 15 is 0 Å². The molecule has 100 valence electrons. The molecule has 0 N–H and O–H groups in total. The average Bonchev–Trinajstić information content (AvgIpc) is 2.41. The molecule has 0 aliphatic carbocycles. The second-order valence-corrected chi connectivity index (χ2v) is 5.19. The van der Waals surface area contributed by atoms with Crippen molar-refractivity contribution in [2.75, 3.05) is 0 Å². The van der Waals surface area contributed by atoms with Gasteiger partial charge in [-0.1, -0.05) is 53.5 Å². The standard InChI is InChI=1S/C16H11Cl2NO/c1-10-5-2-3-6-11(10)12(9-19)16(20)15-13(17)7-4-8-14(15)18/h2-8,12H,1H3. The molecule has 0 aliphatic rings. The third kappa shape index (κ3) is 2.70. The number of benzene rings is 2. The van der Waals surface area contributed by atoms with Crippen molar-refractivity contribution in [3.05, 3.63) is 69.2 Å². The minimum atomic E-state index is -0.909. The number of hydrogen-bond donors (Lipinski definition) is 0. The van der Waals surface area contributed by atoms with E-state index in [-0.39, 0.29) is 21.4 Å². The molecular weight excluding hydrogens is 293 g/mol. The van der Waals surface area contributed by atoms with Crippen molar-refractivity contribution in [3.8, 4) is 6.07 Å². The Bertz CT molecular complexity index is 684. The van der Waals surface area contributed by atoms with Gasteiger partial charge in [-0.2, -0.15) is 5.26 Å². The highest BCUT2D eigenvalue weighted by Gasteiger charge is 2.26. The number of nitriles is 1. The molecule has 2 rings (SSSR count). The number of carbonyl (C=O) groups is 1. The molecule has 0 saturated carbocycles. The van der Waals surface area contributed by atoms with Crippen LogP contribution in [0.4, 0.5) is 0 Å². The molecule has 2 aromatic carbocycles. The Kier molecular flexibility index (Phi) is 4.44. The second kappa shape index (κ2) is 6.09. The van der Waals surface area contributed by atoms with Gasteiger partial charge in [-0.05, 0) is 30.2 Å². The number of Topliss-reactive ketones (excluding diaryl/α,β-unsaturated/α-hetero) is 1. The summed E-state index contributed by atoms with van der Waals surface area (Å²) in [7, 11) is 0. The van der Waals surface area contributed by atoms with Crippen molar-refractivity contribution in [1.82, 2.24) is 0 Å². The lowest BCUT2D eigenvalue weighted by Crippen LogP contribution is -2.13. The number of carbonyl (C=O) groups excluding carboxylic acids is 1. The highest BCUT2D eigenvalue weighted by molar-refractivity contribution is 6.40. The second-order valence-electron chi connectivity index (χ2n) is 4.38. The summed E-state index contributed by atoms with van der Waals surface area (Å²) >= 11 is 12.1. The van der Waals surface area contributed by atoms with Gasteiger partial charge in [-0.15, -0.1) is 0 Å². The minimum Gasteiger partial charge on any atom is -0.292 e. The first-order valence-electron chi connectivity index (χ1n) is 5.99. The average molecular weight is 304 g/mol. The van der Waals surface area contributed by atoms with Gasteiger partial charge in [0.15, 0.2) is 5.78 Å². The first-order valence-corrected chi connectivity index (χ1v) is 6.75. The molecule has 0 aliphatic heterocycles. The monoisotopic (exact) mass is 303 g/mol. The van der Waals surface area contributed by atoms with Crippen LogP contribution in [0.25, 0.3) is 0 Å². The summed E-state index contributed by atoms with van der Waals surface area (Å²) in [5, 5.41) is 9.88. The van der Waals surface area contributed by atoms with E-state index in [0.717, 1.165) is 5.56 Å². The van der Waals surface area contributed by atoms with Crippen LogP contribution in [-0.2, 0) is 0 Å². The molecule has 0 heterocycles. The van der Waals surface area contributed by atoms with E-state index < -0.39 is 5.92 Å². The van der Waals surface area contributed by atoms with E-state index in [0.29, 0.717) is 5.56 Å². The van der Waals surface area contributed by atoms with Crippen molar-refractivity contribution >= 4 is 29.0 Å². The van der Waals surface area contributed by atoms with Gasteiger partial charge >= 0.3 is 0 Å². The van der Waals surface area contributed by atoms with E-state index in [4.69, 9.17) is 23.2 Å². The van der Waals surface area contributed by atoms with Gasteiger partial charge in [-0.25, -0.2) is 0 Å². The van der Waals surface area contributed by atoms with Crippen molar-refractivity contribution < 1.29 is 4.79 Å². The van der Waals surface area contributed by atoms with E-state index in [1.54, 1.807) is 30.3 Å². The summed E-state index contributed by atoms with van der Waals surface area (Å²) < 4.78 is 0. The lowest BCUT2D eigenvalue weighted by atomic mass is 9.89. The number of rotatable bonds is 3. The summed E-state index contributed by atoms with van der Waals surface area (Å²) in [5.41, 5.74) is 1.76. The third-order valence-corrected chi connectivity index (χ3v) is 3.73. The van der Waals surface area contributed by atoms with E-state index in [1.165, 1.54) is 0 Å². The van der Waals surface area contributed by atoms with Crippen LogP contribution < -0.4 is 0 Å². The van der Waals surface area contributed by atoms with Crippen LogP contribution in [0, 0.1) is 18.3 Å². The molecule has 4 heteroatoms. The van der Waals surface area contributed by atoms with Crippen LogP contribution >= 0.6 is 23.2 Å². The SMILES string of the molecule is Cc1ccccc1C(C#N)C(=O)c1c(Cl)cccc1Cl. The lowest BCUT2D eigenvalue weighted by Gasteiger charge is -2.13. The predicted octanol–water partition coefficient (Wildman–Crippen LogP) is 4.79. The molecule has 0 radical (unpaired) electrons. The maximum atomic E-state index is 12.6. The molecule has 1 atom stereocenters.